The van der Waals surface area contributed by atoms with Crippen LogP contribution in [0.4, 0.5) is 11.4 Å². The maximum Gasteiger partial charge on any atom is 0.231 e. The van der Waals surface area contributed by atoms with E-state index in [2.05, 4.69) is 10.0 Å². The number of aryl methyl sites for hydroxylation is 1. The molecule has 2 atom stereocenters. The van der Waals surface area contributed by atoms with Gasteiger partial charge in [0.25, 0.3) is 0 Å². The van der Waals surface area contributed by atoms with Crippen LogP contribution in [-0.4, -0.2) is 39.8 Å². The summed E-state index contributed by atoms with van der Waals surface area (Å²) in [4.78, 5) is 12.1. The second kappa shape index (κ2) is 6.00. The van der Waals surface area contributed by atoms with Gasteiger partial charge in [0.1, 0.15) is 0 Å². The van der Waals surface area contributed by atoms with Crippen molar-refractivity contribution in [3.8, 4) is 0 Å². The fourth-order valence-electron chi connectivity index (χ4n) is 2.13. The number of hydrogen-bond acceptors (Lipinski definition) is 5. The second-order valence-electron chi connectivity index (χ2n) is 5.20. The van der Waals surface area contributed by atoms with Gasteiger partial charge in [-0.3, -0.25) is 9.52 Å². The molecule has 116 valence electrons. The zero-order valence-electron chi connectivity index (χ0n) is 11.9. The molecule has 1 heterocycles. The van der Waals surface area contributed by atoms with Crippen LogP contribution in [0.2, 0.25) is 0 Å². The Hall–Kier alpha value is -1.64. The van der Waals surface area contributed by atoms with Gasteiger partial charge in [-0.15, -0.1) is 0 Å². The molecular weight excluding hydrogens is 294 g/mol. The van der Waals surface area contributed by atoms with Crippen molar-refractivity contribution in [3.05, 3.63) is 23.8 Å². The number of carbonyl (C=O) groups is 1. The van der Waals surface area contributed by atoms with E-state index in [1.54, 1.807) is 25.1 Å². The summed E-state index contributed by atoms with van der Waals surface area (Å²) in [5, 5.41) is 2.77. The van der Waals surface area contributed by atoms with E-state index < -0.39 is 10.0 Å². The summed E-state index contributed by atoms with van der Waals surface area (Å²) in [6.45, 7) is 2.46. The van der Waals surface area contributed by atoms with Crippen molar-refractivity contribution in [1.29, 1.82) is 0 Å². The third kappa shape index (κ3) is 4.16. The minimum atomic E-state index is -3.33. The number of ether oxygens (including phenoxy) is 1. The van der Waals surface area contributed by atoms with Crippen LogP contribution < -0.4 is 15.8 Å². The Morgan fingerprint density at radius 3 is 2.62 bits per heavy atom. The van der Waals surface area contributed by atoms with Crippen LogP contribution >= 0.6 is 0 Å². The van der Waals surface area contributed by atoms with E-state index in [1.165, 1.54) is 0 Å². The Bertz CT molecular complexity index is 645. The lowest BCUT2D eigenvalue weighted by Gasteiger charge is -2.15. The van der Waals surface area contributed by atoms with Crippen LogP contribution in [0.3, 0.4) is 0 Å². The Morgan fingerprint density at radius 1 is 1.38 bits per heavy atom. The number of amides is 1. The molecule has 7 nitrogen and oxygen atoms in total. The number of carbonyl (C=O) groups excluding carboxylic acids is 1. The van der Waals surface area contributed by atoms with Gasteiger partial charge in [0.05, 0.1) is 31.1 Å². The number of anilines is 2. The average Bonchev–Trinajstić information content (AvgIpc) is 2.77. The molecule has 1 aromatic carbocycles. The molecule has 0 aromatic heterocycles. The van der Waals surface area contributed by atoms with E-state index in [9.17, 15) is 13.2 Å². The highest BCUT2D eigenvalue weighted by Crippen LogP contribution is 2.22. The zero-order chi connectivity index (χ0) is 15.6. The molecule has 21 heavy (non-hydrogen) atoms. The third-order valence-corrected chi connectivity index (χ3v) is 3.84. The quantitative estimate of drug-likeness (QED) is 0.739. The minimum Gasteiger partial charge on any atom is -0.379 e. The maximum absolute atomic E-state index is 12.1. The predicted octanol–water partition coefficient (Wildman–Crippen LogP) is 0.279. The van der Waals surface area contributed by atoms with Gasteiger partial charge in [-0.25, -0.2) is 8.42 Å². The van der Waals surface area contributed by atoms with E-state index >= 15 is 0 Å². The fourth-order valence-corrected chi connectivity index (χ4v) is 2.76. The van der Waals surface area contributed by atoms with E-state index in [0.29, 0.717) is 30.2 Å². The molecule has 0 saturated carbocycles. The summed E-state index contributed by atoms with van der Waals surface area (Å²) in [7, 11) is -3.33. The summed E-state index contributed by atoms with van der Waals surface area (Å²) in [5.41, 5.74) is 7.58. The first-order chi connectivity index (χ1) is 9.76. The maximum atomic E-state index is 12.1. The van der Waals surface area contributed by atoms with Gasteiger partial charge in [-0.05, 0) is 30.7 Å². The highest BCUT2D eigenvalue weighted by Gasteiger charge is 2.31. The molecule has 1 aromatic rings. The molecule has 4 N–H and O–H groups in total. The van der Waals surface area contributed by atoms with Crippen LogP contribution in [0.15, 0.2) is 18.2 Å². The molecule has 0 spiro atoms. The molecule has 2 unspecified atom stereocenters. The van der Waals surface area contributed by atoms with Crippen LogP contribution in [-0.2, 0) is 19.6 Å². The molecule has 1 amide bonds. The van der Waals surface area contributed by atoms with Gasteiger partial charge in [0.15, 0.2) is 0 Å². The third-order valence-electron chi connectivity index (χ3n) is 3.25. The minimum absolute atomic E-state index is 0.191. The van der Waals surface area contributed by atoms with E-state index in [4.69, 9.17) is 10.5 Å². The first-order valence-corrected chi connectivity index (χ1v) is 8.38. The van der Waals surface area contributed by atoms with E-state index in [1.807, 2.05) is 0 Å². The topological polar surface area (TPSA) is 111 Å². The Labute approximate surface area is 123 Å². The normalized spacial score (nSPS) is 22.0. The molecule has 8 heteroatoms. The van der Waals surface area contributed by atoms with Gasteiger partial charge < -0.3 is 15.8 Å². The number of benzene rings is 1. The summed E-state index contributed by atoms with van der Waals surface area (Å²) in [5.74, 6) is -0.553. The molecule has 2 rings (SSSR count). The Kier molecular flexibility index (Phi) is 4.50. The summed E-state index contributed by atoms with van der Waals surface area (Å²) in [6, 6.07) is 4.65. The summed E-state index contributed by atoms with van der Waals surface area (Å²) < 4.78 is 30.0. The lowest BCUT2D eigenvalue weighted by Crippen LogP contribution is -2.37. The largest absolute Gasteiger partial charge is 0.379 e. The molecule has 0 bridgehead atoms. The summed E-state index contributed by atoms with van der Waals surface area (Å²) in [6.07, 6.45) is 1.09. The van der Waals surface area contributed by atoms with Crippen LogP contribution in [0, 0.1) is 12.8 Å². The molecule has 1 aliphatic rings. The second-order valence-corrected chi connectivity index (χ2v) is 6.95. The van der Waals surface area contributed by atoms with Crippen molar-refractivity contribution in [2.45, 2.75) is 13.0 Å². The number of sulfonamides is 1. The van der Waals surface area contributed by atoms with Gasteiger partial charge in [-0.1, -0.05) is 0 Å². The van der Waals surface area contributed by atoms with Gasteiger partial charge in [-0.2, -0.15) is 0 Å². The first-order valence-electron chi connectivity index (χ1n) is 6.49. The van der Waals surface area contributed by atoms with Crippen molar-refractivity contribution in [3.63, 3.8) is 0 Å². The number of hydrogen-bond donors (Lipinski definition) is 3. The van der Waals surface area contributed by atoms with E-state index in [0.717, 1.165) is 6.26 Å². The molecule has 1 fully saturated rings. The van der Waals surface area contributed by atoms with Crippen molar-refractivity contribution < 1.29 is 17.9 Å². The standard InChI is InChI=1S/C13H19N3O4S/c1-8-5-9(3-4-12(8)16-21(2,18)19)15-13(17)10-6-20-7-11(10)14/h3-5,10-11,16H,6-7,14H2,1-2H3,(H,15,17). The van der Waals surface area contributed by atoms with Gasteiger partial charge in [0.2, 0.25) is 15.9 Å². The summed E-state index contributed by atoms with van der Waals surface area (Å²) >= 11 is 0. The van der Waals surface area contributed by atoms with Gasteiger partial charge >= 0.3 is 0 Å². The first kappa shape index (κ1) is 15.7. The molecule has 1 aliphatic heterocycles. The Balaban J connectivity index is 2.08. The van der Waals surface area contributed by atoms with Crippen molar-refractivity contribution in [2.75, 3.05) is 29.5 Å². The molecular formula is C13H19N3O4S. The zero-order valence-corrected chi connectivity index (χ0v) is 12.7. The SMILES string of the molecule is Cc1cc(NC(=O)C2COCC2N)ccc1NS(C)(=O)=O. The Morgan fingerprint density at radius 2 is 2.10 bits per heavy atom. The number of nitrogens with one attached hydrogen (secondary N) is 2. The number of rotatable bonds is 4. The van der Waals surface area contributed by atoms with Crippen molar-refractivity contribution in [2.24, 2.45) is 11.7 Å². The highest BCUT2D eigenvalue weighted by atomic mass is 32.2. The number of nitrogens with two attached hydrogens (primary N) is 1. The smallest absolute Gasteiger partial charge is 0.231 e. The monoisotopic (exact) mass is 313 g/mol. The van der Waals surface area contributed by atoms with Gasteiger partial charge in [0, 0.05) is 11.7 Å². The predicted molar refractivity (Wildman–Crippen MR) is 80.6 cm³/mol. The van der Waals surface area contributed by atoms with E-state index in [-0.39, 0.29) is 17.9 Å². The fraction of sp³-hybridized carbons (Fsp3) is 0.462. The lowest BCUT2D eigenvalue weighted by molar-refractivity contribution is -0.120. The van der Waals surface area contributed by atoms with Crippen molar-refractivity contribution >= 4 is 27.3 Å². The highest BCUT2D eigenvalue weighted by molar-refractivity contribution is 7.92. The molecule has 0 aliphatic carbocycles. The van der Waals surface area contributed by atoms with Crippen LogP contribution in [0.1, 0.15) is 5.56 Å². The lowest BCUT2D eigenvalue weighted by atomic mass is 10.0. The van der Waals surface area contributed by atoms with Crippen LogP contribution in [0.25, 0.3) is 0 Å². The van der Waals surface area contributed by atoms with Crippen molar-refractivity contribution in [1.82, 2.24) is 0 Å². The molecule has 1 saturated heterocycles. The average molecular weight is 313 g/mol. The molecule has 0 radical (unpaired) electrons. The van der Waals surface area contributed by atoms with Crippen LogP contribution in [0.5, 0.6) is 0 Å².